The average Bonchev–Trinajstić information content (AvgIpc) is 2.27. The van der Waals surface area contributed by atoms with E-state index in [-0.39, 0.29) is 12.1 Å². The number of carbonyl (C=O) groups is 1. The fourth-order valence-electron chi connectivity index (χ4n) is 2.14. The zero-order valence-electron chi connectivity index (χ0n) is 9.13. The van der Waals surface area contributed by atoms with Gasteiger partial charge in [0.1, 0.15) is 5.54 Å². The summed E-state index contributed by atoms with van der Waals surface area (Å²) in [6.07, 6.45) is 3.71. The number of likely N-dealkylation sites (N-methyl/N-ethyl adjacent to an activating group) is 1. The normalized spacial score (nSPS) is 32.6. The maximum atomic E-state index is 11.6. The molecule has 0 amide bonds. The average molecular weight is 201 g/mol. The van der Waals surface area contributed by atoms with E-state index >= 15 is 0 Å². The van der Waals surface area contributed by atoms with Crippen LogP contribution in [0.2, 0.25) is 0 Å². The number of carbonyl (C=O) groups excluding carboxylic acids is 1. The number of nitrogens with one attached hydrogen (secondary N) is 1. The van der Waals surface area contributed by atoms with E-state index in [0.29, 0.717) is 6.42 Å². The molecule has 4 heteroatoms. The quantitative estimate of drug-likeness (QED) is 0.683. The van der Waals surface area contributed by atoms with Crippen molar-refractivity contribution in [2.45, 2.75) is 37.3 Å². The lowest BCUT2D eigenvalue weighted by Gasteiger charge is -2.37. The lowest BCUT2D eigenvalue weighted by Crippen LogP contribution is -2.55. The molecule has 4 nitrogen and oxygen atoms in total. The van der Waals surface area contributed by atoms with Crippen molar-refractivity contribution in [1.29, 1.82) is 0 Å². The Morgan fingerprint density at radius 2 is 2.21 bits per heavy atom. The Kier molecular flexibility index (Phi) is 3.89. The highest BCUT2D eigenvalue weighted by Crippen LogP contribution is 2.30. The van der Waals surface area contributed by atoms with Gasteiger partial charge in [0.25, 0.3) is 0 Å². The number of methoxy groups -OCH3 is 2. The zero-order valence-corrected chi connectivity index (χ0v) is 9.13. The van der Waals surface area contributed by atoms with Gasteiger partial charge in [-0.3, -0.25) is 4.79 Å². The van der Waals surface area contributed by atoms with Gasteiger partial charge in [-0.2, -0.15) is 0 Å². The molecule has 2 atom stereocenters. The van der Waals surface area contributed by atoms with Crippen LogP contribution in [0, 0.1) is 0 Å². The lowest BCUT2D eigenvalue weighted by molar-refractivity contribution is -0.152. The van der Waals surface area contributed by atoms with Gasteiger partial charge in [-0.05, 0) is 26.3 Å². The Balaban J connectivity index is 2.72. The van der Waals surface area contributed by atoms with Gasteiger partial charge in [0.15, 0.2) is 0 Å². The van der Waals surface area contributed by atoms with E-state index in [2.05, 4.69) is 5.32 Å². The molecule has 1 N–H and O–H groups in total. The number of rotatable bonds is 3. The van der Waals surface area contributed by atoms with E-state index in [0.717, 1.165) is 19.3 Å². The third-order valence-electron chi connectivity index (χ3n) is 3.09. The van der Waals surface area contributed by atoms with Gasteiger partial charge >= 0.3 is 5.97 Å². The molecular formula is C10H19NO3. The Morgan fingerprint density at radius 3 is 2.71 bits per heavy atom. The summed E-state index contributed by atoms with van der Waals surface area (Å²) in [6.45, 7) is 0. The fraction of sp³-hybridized carbons (Fsp3) is 0.900. The summed E-state index contributed by atoms with van der Waals surface area (Å²) in [4.78, 5) is 11.6. The molecule has 0 saturated heterocycles. The van der Waals surface area contributed by atoms with Crippen molar-refractivity contribution in [3.8, 4) is 0 Å². The second-order valence-corrected chi connectivity index (χ2v) is 3.78. The van der Waals surface area contributed by atoms with Crippen molar-refractivity contribution in [2.75, 3.05) is 21.3 Å². The van der Waals surface area contributed by atoms with Crippen LogP contribution in [-0.4, -0.2) is 38.9 Å². The van der Waals surface area contributed by atoms with Crippen molar-refractivity contribution in [1.82, 2.24) is 5.32 Å². The van der Waals surface area contributed by atoms with Gasteiger partial charge < -0.3 is 14.8 Å². The molecule has 0 aliphatic heterocycles. The second kappa shape index (κ2) is 4.75. The Bertz CT molecular complexity index is 208. The van der Waals surface area contributed by atoms with E-state index in [1.54, 1.807) is 14.2 Å². The molecule has 1 aliphatic carbocycles. The number of esters is 1. The van der Waals surface area contributed by atoms with Gasteiger partial charge in [0.2, 0.25) is 0 Å². The second-order valence-electron chi connectivity index (χ2n) is 3.78. The summed E-state index contributed by atoms with van der Waals surface area (Å²) in [6, 6.07) is 0. The third kappa shape index (κ3) is 2.07. The topological polar surface area (TPSA) is 47.6 Å². The first-order valence-electron chi connectivity index (χ1n) is 4.98. The monoisotopic (exact) mass is 201 g/mol. The van der Waals surface area contributed by atoms with Crippen molar-refractivity contribution < 1.29 is 14.3 Å². The maximum Gasteiger partial charge on any atom is 0.326 e. The van der Waals surface area contributed by atoms with Gasteiger partial charge in [0, 0.05) is 13.5 Å². The first-order chi connectivity index (χ1) is 6.68. The Morgan fingerprint density at radius 1 is 1.50 bits per heavy atom. The molecule has 0 aromatic heterocycles. The van der Waals surface area contributed by atoms with Crippen LogP contribution in [0.4, 0.5) is 0 Å². The molecule has 1 aliphatic rings. The smallest absolute Gasteiger partial charge is 0.326 e. The predicted octanol–water partition coefficient (Wildman–Crippen LogP) is 0.707. The summed E-state index contributed by atoms with van der Waals surface area (Å²) < 4.78 is 10.1. The first-order valence-corrected chi connectivity index (χ1v) is 4.98. The van der Waals surface area contributed by atoms with Crippen molar-refractivity contribution in [3.05, 3.63) is 0 Å². The lowest BCUT2D eigenvalue weighted by atomic mass is 9.80. The van der Waals surface area contributed by atoms with Gasteiger partial charge in [-0.1, -0.05) is 0 Å². The molecule has 14 heavy (non-hydrogen) atoms. The summed E-state index contributed by atoms with van der Waals surface area (Å²) in [5.74, 6) is -0.179. The summed E-state index contributed by atoms with van der Waals surface area (Å²) in [7, 11) is 4.92. The van der Waals surface area contributed by atoms with Crippen LogP contribution in [0.15, 0.2) is 0 Å². The minimum Gasteiger partial charge on any atom is -0.468 e. The highest BCUT2D eigenvalue weighted by Gasteiger charge is 2.42. The molecule has 1 saturated carbocycles. The van der Waals surface area contributed by atoms with Crippen molar-refractivity contribution in [3.63, 3.8) is 0 Å². The first kappa shape index (κ1) is 11.5. The van der Waals surface area contributed by atoms with Crippen LogP contribution < -0.4 is 5.32 Å². The molecule has 0 radical (unpaired) electrons. The SMILES string of the molecule is CNC1(C(=O)OC)CCCC(OC)C1. The van der Waals surface area contributed by atoms with E-state index in [1.807, 2.05) is 0 Å². The van der Waals surface area contributed by atoms with Crippen LogP contribution in [0.1, 0.15) is 25.7 Å². The highest BCUT2D eigenvalue weighted by molar-refractivity contribution is 5.80. The van der Waals surface area contributed by atoms with Gasteiger partial charge in [0.05, 0.1) is 13.2 Å². The largest absolute Gasteiger partial charge is 0.468 e. The summed E-state index contributed by atoms with van der Waals surface area (Å²) in [5, 5.41) is 3.08. The molecule has 2 unspecified atom stereocenters. The summed E-state index contributed by atoms with van der Waals surface area (Å²) in [5.41, 5.74) is -0.534. The third-order valence-corrected chi connectivity index (χ3v) is 3.09. The van der Waals surface area contributed by atoms with E-state index in [9.17, 15) is 4.79 Å². The number of hydrogen-bond acceptors (Lipinski definition) is 4. The van der Waals surface area contributed by atoms with Gasteiger partial charge in [-0.15, -0.1) is 0 Å². The number of hydrogen-bond donors (Lipinski definition) is 1. The minimum absolute atomic E-state index is 0.162. The van der Waals surface area contributed by atoms with E-state index in [4.69, 9.17) is 9.47 Å². The molecule has 0 aromatic rings. The highest BCUT2D eigenvalue weighted by atomic mass is 16.5. The summed E-state index contributed by atoms with van der Waals surface area (Å²) >= 11 is 0. The van der Waals surface area contributed by atoms with Crippen LogP contribution in [0.25, 0.3) is 0 Å². The van der Waals surface area contributed by atoms with E-state index < -0.39 is 5.54 Å². The molecule has 0 aromatic carbocycles. The van der Waals surface area contributed by atoms with Crippen LogP contribution in [0.3, 0.4) is 0 Å². The van der Waals surface area contributed by atoms with Gasteiger partial charge in [-0.25, -0.2) is 0 Å². The Labute approximate surface area is 85.0 Å². The van der Waals surface area contributed by atoms with Crippen LogP contribution in [0.5, 0.6) is 0 Å². The van der Waals surface area contributed by atoms with Crippen LogP contribution in [-0.2, 0) is 14.3 Å². The molecule has 82 valence electrons. The Hall–Kier alpha value is -0.610. The standard InChI is InChI=1S/C10H19NO3/c1-11-10(9(12)14-3)6-4-5-8(7-10)13-2/h8,11H,4-7H2,1-3H3. The molecule has 0 heterocycles. The zero-order chi connectivity index (χ0) is 10.6. The molecule has 0 spiro atoms. The fourth-order valence-corrected chi connectivity index (χ4v) is 2.14. The molecular weight excluding hydrogens is 182 g/mol. The van der Waals surface area contributed by atoms with E-state index in [1.165, 1.54) is 7.11 Å². The molecule has 1 fully saturated rings. The van der Waals surface area contributed by atoms with Crippen molar-refractivity contribution in [2.24, 2.45) is 0 Å². The maximum absolute atomic E-state index is 11.6. The molecule has 0 bridgehead atoms. The predicted molar refractivity (Wildman–Crippen MR) is 53.1 cm³/mol. The minimum atomic E-state index is -0.534. The van der Waals surface area contributed by atoms with Crippen LogP contribution >= 0.6 is 0 Å². The van der Waals surface area contributed by atoms with Crippen molar-refractivity contribution >= 4 is 5.97 Å². The molecule has 1 rings (SSSR count). The number of ether oxygens (including phenoxy) is 2.